The molecule has 0 aliphatic heterocycles. The van der Waals surface area contributed by atoms with Crippen LogP contribution in [0.2, 0.25) is 0 Å². The summed E-state index contributed by atoms with van der Waals surface area (Å²) >= 11 is 3.52. The molecule has 0 aliphatic carbocycles. The van der Waals surface area contributed by atoms with E-state index in [0.29, 0.717) is 5.75 Å². The van der Waals surface area contributed by atoms with Crippen molar-refractivity contribution in [1.82, 2.24) is 9.78 Å². The monoisotopic (exact) mass is 309 g/mol. The highest BCUT2D eigenvalue weighted by atomic mass is 79.9. The van der Waals surface area contributed by atoms with Crippen LogP contribution in [0.3, 0.4) is 0 Å². The predicted octanol–water partition coefficient (Wildman–Crippen LogP) is 2.55. The van der Waals surface area contributed by atoms with E-state index in [9.17, 15) is 0 Å². The lowest BCUT2D eigenvalue weighted by atomic mass is 10.0. The number of hydrogen-bond donors (Lipinski definition) is 1. The highest BCUT2D eigenvalue weighted by Gasteiger charge is 2.19. The molecule has 2 aromatic rings. The molecule has 1 aromatic heterocycles. The third-order valence-corrected chi connectivity index (χ3v) is 3.87. The van der Waals surface area contributed by atoms with Crippen molar-refractivity contribution >= 4 is 15.9 Å². The number of nitrogens with two attached hydrogens (primary N) is 1. The summed E-state index contributed by atoms with van der Waals surface area (Å²) in [7, 11) is 3.49. The van der Waals surface area contributed by atoms with Crippen LogP contribution in [-0.2, 0) is 7.05 Å². The number of ether oxygens (including phenoxy) is 1. The van der Waals surface area contributed by atoms with Gasteiger partial charge < -0.3 is 10.5 Å². The third kappa shape index (κ3) is 2.28. The Kier molecular flexibility index (Phi) is 3.73. The number of benzene rings is 1. The van der Waals surface area contributed by atoms with Gasteiger partial charge in [-0.1, -0.05) is 28.1 Å². The van der Waals surface area contributed by atoms with Crippen LogP contribution in [0.4, 0.5) is 0 Å². The average Bonchev–Trinajstić information content (AvgIpc) is 2.73. The first kappa shape index (κ1) is 13.1. The lowest BCUT2D eigenvalue weighted by Crippen LogP contribution is -2.17. The maximum absolute atomic E-state index is 6.30. The molecule has 5 heteroatoms. The Morgan fingerprint density at radius 1 is 1.44 bits per heavy atom. The molecule has 1 unspecified atom stereocenters. The number of aromatic nitrogens is 2. The van der Waals surface area contributed by atoms with Gasteiger partial charge in [0.15, 0.2) is 5.75 Å². The van der Waals surface area contributed by atoms with Crippen molar-refractivity contribution in [1.29, 1.82) is 0 Å². The van der Waals surface area contributed by atoms with E-state index in [1.54, 1.807) is 18.0 Å². The third-order valence-electron chi connectivity index (χ3n) is 3.02. The summed E-state index contributed by atoms with van der Waals surface area (Å²) in [5.74, 6) is 0.710. The van der Waals surface area contributed by atoms with Crippen LogP contribution in [-0.4, -0.2) is 16.9 Å². The Hall–Kier alpha value is -1.33. The van der Waals surface area contributed by atoms with Crippen molar-refractivity contribution in [2.75, 3.05) is 7.11 Å². The van der Waals surface area contributed by atoms with Crippen molar-refractivity contribution in [3.05, 3.63) is 45.7 Å². The normalized spacial score (nSPS) is 12.5. The fraction of sp³-hybridized carbons (Fsp3) is 0.308. The molecule has 0 fully saturated rings. The summed E-state index contributed by atoms with van der Waals surface area (Å²) in [6.45, 7) is 2.05. The molecule has 4 nitrogen and oxygen atoms in total. The Labute approximate surface area is 115 Å². The van der Waals surface area contributed by atoms with Crippen LogP contribution < -0.4 is 10.5 Å². The smallest absolute Gasteiger partial charge is 0.161 e. The molecule has 0 spiro atoms. The molecule has 2 rings (SSSR count). The minimum Gasteiger partial charge on any atom is -0.493 e. The summed E-state index contributed by atoms with van der Waals surface area (Å²) in [4.78, 5) is 0. The molecule has 2 N–H and O–H groups in total. The lowest BCUT2D eigenvalue weighted by molar-refractivity contribution is 0.406. The van der Waals surface area contributed by atoms with Gasteiger partial charge in [-0.25, -0.2) is 0 Å². The minimum atomic E-state index is -0.260. The molecule has 0 aliphatic rings. The van der Waals surface area contributed by atoms with E-state index in [2.05, 4.69) is 21.0 Å². The van der Waals surface area contributed by atoms with E-state index in [1.165, 1.54) is 5.56 Å². The average molecular weight is 310 g/mol. The van der Waals surface area contributed by atoms with Crippen molar-refractivity contribution < 1.29 is 4.74 Å². The van der Waals surface area contributed by atoms with Gasteiger partial charge in [-0.3, -0.25) is 4.68 Å². The first-order valence-electron chi connectivity index (χ1n) is 5.62. The highest BCUT2D eigenvalue weighted by molar-refractivity contribution is 9.10. The van der Waals surface area contributed by atoms with Gasteiger partial charge in [0, 0.05) is 11.5 Å². The quantitative estimate of drug-likeness (QED) is 0.948. The van der Waals surface area contributed by atoms with Crippen molar-refractivity contribution in [3.63, 3.8) is 0 Å². The van der Waals surface area contributed by atoms with Crippen molar-refractivity contribution in [2.24, 2.45) is 12.8 Å². The van der Waals surface area contributed by atoms with E-state index >= 15 is 0 Å². The van der Waals surface area contributed by atoms with E-state index in [4.69, 9.17) is 10.5 Å². The molecule has 0 saturated carbocycles. The maximum atomic E-state index is 6.30. The van der Waals surface area contributed by atoms with Gasteiger partial charge in [0.25, 0.3) is 0 Å². The van der Waals surface area contributed by atoms with Crippen molar-refractivity contribution in [2.45, 2.75) is 13.0 Å². The zero-order chi connectivity index (χ0) is 13.3. The van der Waals surface area contributed by atoms with E-state index in [1.807, 2.05) is 32.2 Å². The number of nitrogens with zero attached hydrogens (tertiary/aromatic N) is 2. The second kappa shape index (κ2) is 5.12. The Morgan fingerprint density at radius 3 is 2.78 bits per heavy atom. The highest BCUT2D eigenvalue weighted by Crippen LogP contribution is 2.29. The molecule has 18 heavy (non-hydrogen) atoms. The van der Waals surface area contributed by atoms with Gasteiger partial charge in [0.05, 0.1) is 19.3 Å². The molecule has 0 amide bonds. The topological polar surface area (TPSA) is 53.1 Å². The molecule has 1 heterocycles. The number of rotatable bonds is 3. The molecule has 1 atom stereocenters. The lowest BCUT2D eigenvalue weighted by Gasteiger charge is -2.15. The van der Waals surface area contributed by atoms with Crippen molar-refractivity contribution in [3.8, 4) is 5.75 Å². The number of methoxy groups -OCH3 is 1. The number of halogens is 1. The summed E-state index contributed by atoms with van der Waals surface area (Å²) in [5, 5.41) is 4.17. The standard InChI is InChI=1S/C13H16BrN3O/c1-8-4-5-9(6-10(8)14)12(15)13-11(18-3)7-16-17(13)2/h4-7,12H,15H2,1-3H3. The van der Waals surface area contributed by atoms with Gasteiger partial charge in [0.2, 0.25) is 0 Å². The van der Waals surface area contributed by atoms with Crippen LogP contribution in [0.25, 0.3) is 0 Å². The first-order valence-corrected chi connectivity index (χ1v) is 6.41. The largest absolute Gasteiger partial charge is 0.493 e. The zero-order valence-corrected chi connectivity index (χ0v) is 12.2. The van der Waals surface area contributed by atoms with E-state index in [-0.39, 0.29) is 6.04 Å². The SMILES string of the molecule is COc1cnn(C)c1C(N)c1ccc(C)c(Br)c1. The molecular formula is C13H16BrN3O. The van der Waals surface area contributed by atoms with Crippen LogP contribution >= 0.6 is 15.9 Å². The molecule has 96 valence electrons. The van der Waals surface area contributed by atoms with Gasteiger partial charge in [0.1, 0.15) is 5.69 Å². The molecule has 1 aromatic carbocycles. The van der Waals surface area contributed by atoms with E-state index in [0.717, 1.165) is 15.7 Å². The van der Waals surface area contributed by atoms with Crippen LogP contribution in [0.15, 0.2) is 28.9 Å². The fourth-order valence-electron chi connectivity index (χ4n) is 1.90. The molecule has 0 saturated heterocycles. The number of aryl methyl sites for hydroxylation is 2. The molecule has 0 radical (unpaired) electrons. The first-order chi connectivity index (χ1) is 8.54. The zero-order valence-electron chi connectivity index (χ0n) is 10.6. The second-order valence-corrected chi connectivity index (χ2v) is 5.06. The summed E-state index contributed by atoms with van der Waals surface area (Å²) in [6.07, 6.45) is 1.68. The molecular weight excluding hydrogens is 294 g/mol. The van der Waals surface area contributed by atoms with Gasteiger partial charge in [-0.2, -0.15) is 5.10 Å². The van der Waals surface area contributed by atoms with Gasteiger partial charge in [-0.05, 0) is 24.1 Å². The van der Waals surface area contributed by atoms with Crippen LogP contribution in [0.1, 0.15) is 22.9 Å². The second-order valence-electron chi connectivity index (χ2n) is 4.21. The van der Waals surface area contributed by atoms with Gasteiger partial charge in [-0.15, -0.1) is 0 Å². The van der Waals surface area contributed by atoms with Crippen LogP contribution in [0.5, 0.6) is 5.75 Å². The number of hydrogen-bond acceptors (Lipinski definition) is 3. The Bertz CT molecular complexity index is 565. The maximum Gasteiger partial charge on any atom is 0.161 e. The Balaban J connectivity index is 2.44. The van der Waals surface area contributed by atoms with E-state index < -0.39 is 0 Å². The summed E-state index contributed by atoms with van der Waals surface area (Å²) in [6, 6.07) is 5.84. The molecule has 0 bridgehead atoms. The predicted molar refractivity (Wildman–Crippen MR) is 74.7 cm³/mol. The fourth-order valence-corrected chi connectivity index (χ4v) is 2.30. The minimum absolute atomic E-state index is 0.260. The summed E-state index contributed by atoms with van der Waals surface area (Å²) in [5.41, 5.74) is 9.37. The summed E-state index contributed by atoms with van der Waals surface area (Å²) < 4.78 is 8.09. The van der Waals surface area contributed by atoms with Gasteiger partial charge >= 0.3 is 0 Å². The Morgan fingerprint density at radius 2 is 2.17 bits per heavy atom. The van der Waals surface area contributed by atoms with Crippen LogP contribution in [0, 0.1) is 6.92 Å².